The molecule has 2 aromatic carbocycles. The predicted molar refractivity (Wildman–Crippen MR) is 92.1 cm³/mol. The highest BCUT2D eigenvalue weighted by Gasteiger charge is 2.33. The number of hydrogen-bond donors (Lipinski definition) is 1. The van der Waals surface area contributed by atoms with Crippen molar-refractivity contribution in [3.63, 3.8) is 0 Å². The molecule has 2 nitrogen and oxygen atoms in total. The molecular weight excluding hydrogens is 327 g/mol. The molecule has 25 heavy (non-hydrogen) atoms. The second-order valence-corrected chi connectivity index (χ2v) is 6.44. The minimum Gasteiger partial charge on any atom is -0.376 e. The molecule has 1 aliphatic heterocycles. The summed E-state index contributed by atoms with van der Waals surface area (Å²) in [6, 6.07) is 13.6. The van der Waals surface area contributed by atoms with Crippen LogP contribution in [0.4, 0.5) is 13.2 Å². The molecular formula is C20H22F3NO. The van der Waals surface area contributed by atoms with E-state index in [2.05, 4.69) is 5.32 Å². The van der Waals surface area contributed by atoms with Crippen LogP contribution >= 0.6 is 0 Å². The van der Waals surface area contributed by atoms with Crippen LogP contribution in [0.3, 0.4) is 0 Å². The van der Waals surface area contributed by atoms with Gasteiger partial charge in [-0.3, -0.25) is 0 Å². The van der Waals surface area contributed by atoms with Gasteiger partial charge in [-0.15, -0.1) is 0 Å². The van der Waals surface area contributed by atoms with Gasteiger partial charge in [0, 0.05) is 6.61 Å². The van der Waals surface area contributed by atoms with Crippen LogP contribution in [0.2, 0.25) is 0 Å². The zero-order valence-electron chi connectivity index (χ0n) is 14.0. The maximum atomic E-state index is 13.5. The van der Waals surface area contributed by atoms with Gasteiger partial charge in [0.2, 0.25) is 0 Å². The summed E-state index contributed by atoms with van der Waals surface area (Å²) in [7, 11) is 0. The number of hydrogen-bond acceptors (Lipinski definition) is 2. The van der Waals surface area contributed by atoms with Crippen molar-refractivity contribution < 1.29 is 17.9 Å². The van der Waals surface area contributed by atoms with E-state index in [9.17, 15) is 13.2 Å². The van der Waals surface area contributed by atoms with Gasteiger partial charge in [0.1, 0.15) is 0 Å². The lowest BCUT2D eigenvalue weighted by atomic mass is 9.98. The Morgan fingerprint density at radius 3 is 2.36 bits per heavy atom. The molecule has 0 unspecified atom stereocenters. The molecule has 1 heterocycles. The summed E-state index contributed by atoms with van der Waals surface area (Å²) in [6.45, 7) is 2.41. The summed E-state index contributed by atoms with van der Waals surface area (Å²) in [6.07, 6.45) is -2.36. The molecule has 1 N–H and O–H groups in total. The summed E-state index contributed by atoms with van der Waals surface area (Å²) in [5, 5.41) is 3.27. The molecule has 0 bridgehead atoms. The molecule has 0 radical (unpaired) electrons. The highest BCUT2D eigenvalue weighted by atomic mass is 19.4. The van der Waals surface area contributed by atoms with E-state index in [-0.39, 0.29) is 12.2 Å². The van der Waals surface area contributed by atoms with Gasteiger partial charge in [-0.25, -0.2) is 0 Å². The van der Waals surface area contributed by atoms with Crippen LogP contribution in [0, 0.1) is 5.92 Å². The first-order chi connectivity index (χ1) is 12.0. The average Bonchev–Trinajstić information content (AvgIpc) is 2.63. The van der Waals surface area contributed by atoms with Gasteiger partial charge in [-0.2, -0.15) is 13.2 Å². The summed E-state index contributed by atoms with van der Waals surface area (Å²) >= 11 is 0. The van der Waals surface area contributed by atoms with Crippen molar-refractivity contribution in [1.82, 2.24) is 5.32 Å². The number of halogens is 3. The Labute approximate surface area is 146 Å². The van der Waals surface area contributed by atoms with Crippen LogP contribution in [0.25, 0.3) is 11.1 Å². The van der Waals surface area contributed by atoms with Gasteiger partial charge in [0.25, 0.3) is 0 Å². The fraction of sp³-hybridized carbons (Fsp3) is 0.400. The predicted octanol–water partition coefficient (Wildman–Crippen LogP) is 4.89. The van der Waals surface area contributed by atoms with Crippen LogP contribution < -0.4 is 5.32 Å². The third-order valence-electron chi connectivity index (χ3n) is 4.59. The van der Waals surface area contributed by atoms with Crippen LogP contribution in [0.15, 0.2) is 48.5 Å². The van der Waals surface area contributed by atoms with Crippen molar-refractivity contribution in [3.05, 3.63) is 59.7 Å². The van der Waals surface area contributed by atoms with Gasteiger partial charge in [-0.1, -0.05) is 42.5 Å². The first kappa shape index (κ1) is 18.0. The van der Waals surface area contributed by atoms with E-state index < -0.39 is 11.7 Å². The van der Waals surface area contributed by atoms with Crippen LogP contribution in [-0.2, 0) is 17.5 Å². The quantitative estimate of drug-likeness (QED) is 0.830. The zero-order valence-corrected chi connectivity index (χ0v) is 14.0. The highest BCUT2D eigenvalue weighted by Crippen LogP contribution is 2.35. The van der Waals surface area contributed by atoms with Gasteiger partial charge in [-0.05, 0) is 54.6 Å². The molecule has 0 saturated carbocycles. The second kappa shape index (κ2) is 8.02. The lowest BCUT2D eigenvalue weighted by Gasteiger charge is -2.22. The molecule has 0 amide bonds. The molecule has 1 aliphatic rings. The summed E-state index contributed by atoms with van der Waals surface area (Å²) < 4.78 is 46.0. The Bertz CT molecular complexity index is 679. The minimum atomic E-state index is -4.39. The number of benzene rings is 2. The molecule has 0 aliphatic carbocycles. The Morgan fingerprint density at radius 2 is 1.68 bits per heavy atom. The molecule has 3 rings (SSSR count). The van der Waals surface area contributed by atoms with Gasteiger partial charge in [0.15, 0.2) is 0 Å². The standard InChI is InChI=1S/C20H22F3NO/c21-20(22,23)19-12-17(16-4-2-1-3-5-16)6-7-18(19)14-25-13-15-8-10-24-11-9-15/h1-7,12,15,24H,8-11,13-14H2. The van der Waals surface area contributed by atoms with Crippen molar-refractivity contribution in [2.24, 2.45) is 5.92 Å². The van der Waals surface area contributed by atoms with Crippen LogP contribution in [-0.4, -0.2) is 19.7 Å². The van der Waals surface area contributed by atoms with E-state index in [1.165, 1.54) is 12.1 Å². The Kier molecular flexibility index (Phi) is 5.76. The van der Waals surface area contributed by atoms with E-state index in [4.69, 9.17) is 4.74 Å². The van der Waals surface area contributed by atoms with Crippen molar-refractivity contribution in [2.75, 3.05) is 19.7 Å². The third-order valence-corrected chi connectivity index (χ3v) is 4.59. The van der Waals surface area contributed by atoms with E-state index in [1.807, 2.05) is 30.3 Å². The Morgan fingerprint density at radius 1 is 0.960 bits per heavy atom. The fourth-order valence-electron chi connectivity index (χ4n) is 3.16. The smallest absolute Gasteiger partial charge is 0.376 e. The monoisotopic (exact) mass is 349 g/mol. The molecule has 5 heteroatoms. The lowest BCUT2D eigenvalue weighted by Crippen LogP contribution is -2.30. The second-order valence-electron chi connectivity index (χ2n) is 6.44. The molecule has 134 valence electrons. The first-order valence-electron chi connectivity index (χ1n) is 8.58. The van der Waals surface area contributed by atoms with Crippen LogP contribution in [0.5, 0.6) is 0 Å². The SMILES string of the molecule is FC(F)(F)c1cc(-c2ccccc2)ccc1COCC1CCNCC1. The number of nitrogens with one attached hydrogen (secondary N) is 1. The molecule has 0 atom stereocenters. The number of alkyl halides is 3. The maximum absolute atomic E-state index is 13.5. The zero-order chi connectivity index (χ0) is 17.7. The number of rotatable bonds is 5. The fourth-order valence-corrected chi connectivity index (χ4v) is 3.16. The summed E-state index contributed by atoms with van der Waals surface area (Å²) in [5.74, 6) is 0.430. The van der Waals surface area contributed by atoms with E-state index >= 15 is 0 Å². The minimum absolute atomic E-state index is 0.00611. The van der Waals surface area contributed by atoms with Gasteiger partial charge < -0.3 is 10.1 Å². The Balaban J connectivity index is 1.74. The lowest BCUT2D eigenvalue weighted by molar-refractivity contribution is -0.138. The molecule has 1 fully saturated rings. The maximum Gasteiger partial charge on any atom is 0.416 e. The summed E-state index contributed by atoms with van der Waals surface area (Å²) in [5.41, 5.74) is 0.922. The Hall–Kier alpha value is -1.85. The molecule has 2 aromatic rings. The van der Waals surface area contributed by atoms with E-state index in [1.54, 1.807) is 6.07 Å². The van der Waals surface area contributed by atoms with Gasteiger partial charge in [0.05, 0.1) is 12.2 Å². The van der Waals surface area contributed by atoms with E-state index in [0.717, 1.165) is 31.5 Å². The van der Waals surface area contributed by atoms with Crippen molar-refractivity contribution >= 4 is 0 Å². The molecule has 0 spiro atoms. The average molecular weight is 349 g/mol. The van der Waals surface area contributed by atoms with Crippen molar-refractivity contribution in [3.8, 4) is 11.1 Å². The normalized spacial score (nSPS) is 16.1. The van der Waals surface area contributed by atoms with Gasteiger partial charge >= 0.3 is 6.18 Å². The number of ether oxygens (including phenoxy) is 1. The van der Waals surface area contributed by atoms with E-state index in [0.29, 0.717) is 18.1 Å². The molecule has 0 aromatic heterocycles. The van der Waals surface area contributed by atoms with Crippen LogP contribution in [0.1, 0.15) is 24.0 Å². The van der Waals surface area contributed by atoms with Crippen molar-refractivity contribution in [2.45, 2.75) is 25.6 Å². The third kappa shape index (κ3) is 4.83. The number of piperidine rings is 1. The topological polar surface area (TPSA) is 21.3 Å². The first-order valence-corrected chi connectivity index (χ1v) is 8.58. The largest absolute Gasteiger partial charge is 0.416 e. The molecule has 1 saturated heterocycles. The summed E-state index contributed by atoms with van der Waals surface area (Å²) in [4.78, 5) is 0. The van der Waals surface area contributed by atoms with Crippen molar-refractivity contribution in [1.29, 1.82) is 0 Å². The highest BCUT2D eigenvalue weighted by molar-refractivity contribution is 5.65.